The number of H-pyrrole nitrogens is 1. The normalized spacial score (nSPS) is 11.0. The van der Waals surface area contributed by atoms with E-state index in [1.54, 1.807) is 18.2 Å². The zero-order valence-electron chi connectivity index (χ0n) is 9.11. The molecule has 3 rings (SSSR count). The van der Waals surface area contributed by atoms with Gasteiger partial charge in [-0.25, -0.2) is 9.37 Å². The minimum Gasteiger partial charge on any atom is -0.507 e. The topological polar surface area (TPSA) is 48.9 Å². The summed E-state index contributed by atoms with van der Waals surface area (Å²) in [5.41, 5.74) is 2.06. The third kappa shape index (κ3) is 1.86. The third-order valence-corrected chi connectivity index (χ3v) is 3.33. The monoisotopic (exact) mass is 306 g/mol. The molecule has 0 aliphatic carbocycles. The molecule has 2 aromatic carbocycles. The summed E-state index contributed by atoms with van der Waals surface area (Å²) in [4.78, 5) is 7.37. The summed E-state index contributed by atoms with van der Waals surface area (Å²) in [6, 6.07) is 9.52. The molecule has 0 atom stereocenters. The second-order valence-corrected chi connectivity index (χ2v) is 4.77. The summed E-state index contributed by atoms with van der Waals surface area (Å²) in [5, 5.41) is 9.63. The van der Waals surface area contributed by atoms with Gasteiger partial charge in [0.2, 0.25) is 0 Å². The first-order valence-corrected chi connectivity index (χ1v) is 6.07. The molecule has 0 saturated carbocycles. The van der Waals surface area contributed by atoms with Crippen molar-refractivity contribution in [1.82, 2.24) is 9.97 Å². The number of nitrogens with one attached hydrogen (secondary N) is 1. The van der Waals surface area contributed by atoms with E-state index in [4.69, 9.17) is 0 Å². The second-order valence-electron chi connectivity index (χ2n) is 3.91. The van der Waals surface area contributed by atoms with E-state index in [1.807, 2.05) is 6.07 Å². The number of phenolic OH excluding ortho intramolecular Hbond substituents is 1. The predicted octanol–water partition coefficient (Wildman–Crippen LogP) is 3.84. The molecule has 0 saturated heterocycles. The summed E-state index contributed by atoms with van der Waals surface area (Å²) in [5.74, 6) is 0.425. The molecule has 90 valence electrons. The Bertz CT molecular complexity index is 739. The van der Waals surface area contributed by atoms with E-state index in [0.717, 1.165) is 5.56 Å². The van der Waals surface area contributed by atoms with Crippen LogP contribution in [0.25, 0.3) is 22.4 Å². The van der Waals surface area contributed by atoms with Crippen LogP contribution in [-0.4, -0.2) is 15.1 Å². The Morgan fingerprint density at radius 3 is 2.78 bits per heavy atom. The van der Waals surface area contributed by atoms with E-state index < -0.39 is 0 Å². The number of hydrogen-bond acceptors (Lipinski definition) is 2. The lowest BCUT2D eigenvalue weighted by Crippen LogP contribution is -1.80. The van der Waals surface area contributed by atoms with Gasteiger partial charge >= 0.3 is 0 Å². The Labute approximate surface area is 110 Å². The van der Waals surface area contributed by atoms with Crippen molar-refractivity contribution in [3.8, 4) is 17.1 Å². The van der Waals surface area contributed by atoms with Gasteiger partial charge in [-0.1, -0.05) is 0 Å². The van der Waals surface area contributed by atoms with Crippen molar-refractivity contribution < 1.29 is 9.50 Å². The van der Waals surface area contributed by atoms with Gasteiger partial charge in [0.25, 0.3) is 0 Å². The molecule has 0 aliphatic heterocycles. The Morgan fingerprint density at radius 2 is 2.00 bits per heavy atom. The van der Waals surface area contributed by atoms with Gasteiger partial charge in [-0.3, -0.25) is 0 Å². The fourth-order valence-electron chi connectivity index (χ4n) is 1.78. The quantitative estimate of drug-likeness (QED) is 0.717. The summed E-state index contributed by atoms with van der Waals surface area (Å²) < 4.78 is 13.7. The van der Waals surface area contributed by atoms with Crippen molar-refractivity contribution in [3.05, 3.63) is 46.7 Å². The van der Waals surface area contributed by atoms with Crippen molar-refractivity contribution in [2.45, 2.75) is 0 Å². The minimum atomic E-state index is -0.309. The maximum Gasteiger partial charge on any atom is 0.138 e. The SMILES string of the molecule is Oc1cc(-c2nc3ccc(F)cc3[nH]2)ccc1Br. The van der Waals surface area contributed by atoms with Gasteiger partial charge in [-0.2, -0.15) is 0 Å². The zero-order chi connectivity index (χ0) is 12.7. The molecule has 18 heavy (non-hydrogen) atoms. The molecule has 3 nitrogen and oxygen atoms in total. The number of imidazole rings is 1. The van der Waals surface area contributed by atoms with Crippen LogP contribution in [0.15, 0.2) is 40.9 Å². The Kier molecular flexibility index (Phi) is 2.56. The molecule has 0 unspecified atom stereocenters. The molecule has 0 amide bonds. The van der Waals surface area contributed by atoms with E-state index in [1.165, 1.54) is 12.1 Å². The predicted molar refractivity (Wildman–Crippen MR) is 70.9 cm³/mol. The van der Waals surface area contributed by atoms with Crippen molar-refractivity contribution in [3.63, 3.8) is 0 Å². The van der Waals surface area contributed by atoms with E-state index in [9.17, 15) is 9.50 Å². The fourth-order valence-corrected chi connectivity index (χ4v) is 2.03. The molecule has 2 N–H and O–H groups in total. The highest BCUT2D eigenvalue weighted by Gasteiger charge is 2.08. The number of aromatic hydroxyl groups is 1. The average molecular weight is 307 g/mol. The molecule has 0 radical (unpaired) electrons. The van der Waals surface area contributed by atoms with Crippen LogP contribution in [0.4, 0.5) is 4.39 Å². The average Bonchev–Trinajstić information content (AvgIpc) is 2.75. The fraction of sp³-hybridized carbons (Fsp3) is 0. The molecule has 5 heteroatoms. The van der Waals surface area contributed by atoms with Gasteiger partial charge < -0.3 is 10.1 Å². The van der Waals surface area contributed by atoms with Crippen molar-refractivity contribution in [1.29, 1.82) is 0 Å². The van der Waals surface area contributed by atoms with Crippen LogP contribution >= 0.6 is 15.9 Å². The lowest BCUT2D eigenvalue weighted by Gasteiger charge is -1.99. The van der Waals surface area contributed by atoms with E-state index in [0.29, 0.717) is 21.3 Å². The number of fused-ring (bicyclic) bond motifs is 1. The van der Waals surface area contributed by atoms with Crippen LogP contribution < -0.4 is 0 Å². The van der Waals surface area contributed by atoms with Gasteiger partial charge in [0.1, 0.15) is 17.4 Å². The van der Waals surface area contributed by atoms with E-state index >= 15 is 0 Å². The van der Waals surface area contributed by atoms with Crippen molar-refractivity contribution in [2.24, 2.45) is 0 Å². The standard InChI is InChI=1S/C13H8BrFN2O/c14-9-3-1-7(5-12(9)18)13-16-10-4-2-8(15)6-11(10)17-13/h1-6,18H,(H,16,17). The number of halogens is 2. The van der Waals surface area contributed by atoms with Crippen LogP contribution in [0.5, 0.6) is 5.75 Å². The van der Waals surface area contributed by atoms with Gasteiger partial charge in [0.15, 0.2) is 0 Å². The third-order valence-electron chi connectivity index (χ3n) is 2.66. The van der Waals surface area contributed by atoms with E-state index in [-0.39, 0.29) is 11.6 Å². The molecule has 0 aliphatic rings. The lowest BCUT2D eigenvalue weighted by atomic mass is 10.2. The lowest BCUT2D eigenvalue weighted by molar-refractivity contribution is 0.472. The summed E-state index contributed by atoms with van der Waals surface area (Å²) >= 11 is 3.22. The summed E-state index contributed by atoms with van der Waals surface area (Å²) in [7, 11) is 0. The Balaban J connectivity index is 2.16. The Morgan fingerprint density at radius 1 is 1.17 bits per heavy atom. The first-order valence-electron chi connectivity index (χ1n) is 5.27. The van der Waals surface area contributed by atoms with Crippen LogP contribution in [0.2, 0.25) is 0 Å². The molecule has 1 heterocycles. The minimum absolute atomic E-state index is 0.138. The Hall–Kier alpha value is -1.88. The largest absolute Gasteiger partial charge is 0.507 e. The highest BCUT2D eigenvalue weighted by Crippen LogP contribution is 2.29. The smallest absolute Gasteiger partial charge is 0.138 e. The highest BCUT2D eigenvalue weighted by atomic mass is 79.9. The summed E-state index contributed by atoms with van der Waals surface area (Å²) in [6.45, 7) is 0. The maximum atomic E-state index is 13.1. The molecular formula is C13H8BrFN2O. The van der Waals surface area contributed by atoms with Gasteiger partial charge in [0, 0.05) is 5.56 Å². The van der Waals surface area contributed by atoms with E-state index in [2.05, 4.69) is 25.9 Å². The number of aromatic amines is 1. The molecule has 1 aromatic heterocycles. The number of phenols is 1. The van der Waals surface area contributed by atoms with Crippen LogP contribution in [-0.2, 0) is 0 Å². The van der Waals surface area contributed by atoms with Crippen LogP contribution in [0.3, 0.4) is 0 Å². The molecule has 0 bridgehead atoms. The number of rotatable bonds is 1. The number of benzene rings is 2. The maximum absolute atomic E-state index is 13.1. The molecular weight excluding hydrogens is 299 g/mol. The van der Waals surface area contributed by atoms with Gasteiger partial charge in [-0.05, 0) is 52.3 Å². The molecule has 0 spiro atoms. The van der Waals surface area contributed by atoms with Crippen LogP contribution in [0, 0.1) is 5.82 Å². The summed E-state index contributed by atoms with van der Waals surface area (Å²) in [6.07, 6.45) is 0. The first-order chi connectivity index (χ1) is 8.63. The number of aromatic nitrogens is 2. The zero-order valence-corrected chi connectivity index (χ0v) is 10.7. The molecule has 0 fully saturated rings. The molecule has 3 aromatic rings. The second kappa shape index (κ2) is 4.10. The van der Waals surface area contributed by atoms with Crippen molar-refractivity contribution in [2.75, 3.05) is 0 Å². The van der Waals surface area contributed by atoms with Gasteiger partial charge in [0.05, 0.1) is 15.5 Å². The number of hydrogen-bond donors (Lipinski definition) is 2. The first kappa shape index (κ1) is 11.2. The van der Waals surface area contributed by atoms with Gasteiger partial charge in [-0.15, -0.1) is 0 Å². The number of nitrogens with zero attached hydrogens (tertiary/aromatic N) is 1. The van der Waals surface area contributed by atoms with Crippen LogP contribution in [0.1, 0.15) is 0 Å². The van der Waals surface area contributed by atoms with Crippen molar-refractivity contribution >= 4 is 27.0 Å². The highest BCUT2D eigenvalue weighted by molar-refractivity contribution is 9.10.